The van der Waals surface area contributed by atoms with Gasteiger partial charge >= 0.3 is 5.69 Å². The molecule has 0 saturated heterocycles. The van der Waals surface area contributed by atoms with Crippen LogP contribution in [-0.4, -0.2) is 27.2 Å². The van der Waals surface area contributed by atoms with Crippen molar-refractivity contribution in [2.75, 3.05) is 11.9 Å². The number of rotatable bonds is 6. The quantitative estimate of drug-likeness (QED) is 0.622. The van der Waals surface area contributed by atoms with Crippen LogP contribution in [0.15, 0.2) is 16.9 Å². The molecule has 6 nitrogen and oxygen atoms in total. The number of pyridine rings is 1. The molecule has 0 bridgehead atoms. The molecule has 0 aliphatic rings. The maximum Gasteiger partial charge on any atom is 0.311 e. The van der Waals surface area contributed by atoms with Gasteiger partial charge in [-0.25, -0.2) is 0 Å². The fraction of sp³-hybridized carbons (Fsp3) is 0.545. The van der Waals surface area contributed by atoms with Gasteiger partial charge < -0.3 is 10.4 Å². The molecular formula is C11H16BrN3O3. The molecule has 1 aromatic rings. The van der Waals surface area contributed by atoms with Crippen molar-refractivity contribution in [2.24, 2.45) is 0 Å². The molecule has 0 aromatic carbocycles. The van der Waals surface area contributed by atoms with E-state index >= 15 is 0 Å². The third-order valence-electron chi connectivity index (χ3n) is 2.51. The van der Waals surface area contributed by atoms with Crippen molar-refractivity contribution < 1.29 is 10.0 Å². The van der Waals surface area contributed by atoms with Gasteiger partial charge in [0, 0.05) is 12.7 Å². The predicted octanol–water partition coefficient (Wildman–Crippen LogP) is 2.72. The smallest absolute Gasteiger partial charge is 0.311 e. The normalized spacial score (nSPS) is 14.0. The highest BCUT2D eigenvalue weighted by atomic mass is 79.9. The zero-order valence-electron chi connectivity index (χ0n) is 10.3. The molecule has 0 aliphatic heterocycles. The van der Waals surface area contributed by atoms with Crippen LogP contribution in [-0.2, 0) is 0 Å². The molecule has 0 radical (unpaired) electrons. The van der Waals surface area contributed by atoms with E-state index in [0.717, 1.165) is 6.42 Å². The third kappa shape index (κ3) is 3.92. The summed E-state index contributed by atoms with van der Waals surface area (Å²) in [5.41, 5.74) is -0.672. The molecule has 100 valence electrons. The number of aromatic nitrogens is 1. The minimum absolute atomic E-state index is 0.114. The van der Waals surface area contributed by atoms with E-state index in [4.69, 9.17) is 0 Å². The zero-order chi connectivity index (χ0) is 13.8. The first-order chi connectivity index (χ1) is 8.37. The molecule has 1 rings (SSSR count). The Morgan fingerprint density at radius 1 is 1.61 bits per heavy atom. The maximum atomic E-state index is 10.9. The van der Waals surface area contributed by atoms with Crippen LogP contribution in [0.3, 0.4) is 0 Å². The topological polar surface area (TPSA) is 88.3 Å². The van der Waals surface area contributed by atoms with Crippen LogP contribution < -0.4 is 5.32 Å². The summed E-state index contributed by atoms with van der Waals surface area (Å²) in [6.45, 7) is 3.91. The van der Waals surface area contributed by atoms with Crippen molar-refractivity contribution in [1.29, 1.82) is 0 Å². The first kappa shape index (κ1) is 14.8. The summed E-state index contributed by atoms with van der Waals surface area (Å²) < 4.78 is 0.504. The molecule has 1 atom stereocenters. The zero-order valence-corrected chi connectivity index (χ0v) is 11.9. The lowest BCUT2D eigenvalue weighted by molar-refractivity contribution is -0.384. The maximum absolute atomic E-state index is 10.9. The SMILES string of the molecule is CCCC(C)(O)CNc1c(Br)cncc1[N+](=O)[O-]. The molecule has 1 unspecified atom stereocenters. The molecular weight excluding hydrogens is 302 g/mol. The van der Waals surface area contributed by atoms with Crippen molar-refractivity contribution in [3.05, 3.63) is 27.0 Å². The van der Waals surface area contributed by atoms with Gasteiger partial charge in [0.25, 0.3) is 0 Å². The standard InChI is InChI=1S/C11H16BrN3O3/c1-3-4-11(2,16)7-14-10-8(12)5-13-6-9(10)15(17)18/h5-6,16H,3-4,7H2,1-2H3,(H,13,14). The average Bonchev–Trinajstić information content (AvgIpc) is 2.26. The Balaban J connectivity index is 2.87. The highest BCUT2D eigenvalue weighted by Gasteiger charge is 2.22. The number of halogens is 1. The molecule has 18 heavy (non-hydrogen) atoms. The summed E-state index contributed by atoms with van der Waals surface area (Å²) in [7, 11) is 0. The van der Waals surface area contributed by atoms with Crippen LogP contribution in [0.1, 0.15) is 26.7 Å². The Hall–Kier alpha value is -1.21. The summed E-state index contributed by atoms with van der Waals surface area (Å²) in [5.74, 6) is 0. The third-order valence-corrected chi connectivity index (χ3v) is 3.11. The van der Waals surface area contributed by atoms with E-state index in [2.05, 4.69) is 26.2 Å². The first-order valence-electron chi connectivity index (χ1n) is 5.61. The number of nitrogens with zero attached hydrogens (tertiary/aromatic N) is 2. The van der Waals surface area contributed by atoms with Gasteiger partial charge in [-0.2, -0.15) is 0 Å². The van der Waals surface area contributed by atoms with E-state index in [1.165, 1.54) is 12.4 Å². The number of aliphatic hydroxyl groups is 1. The monoisotopic (exact) mass is 317 g/mol. The van der Waals surface area contributed by atoms with E-state index in [-0.39, 0.29) is 12.2 Å². The van der Waals surface area contributed by atoms with Crippen molar-refractivity contribution in [3.63, 3.8) is 0 Å². The van der Waals surface area contributed by atoms with Gasteiger partial charge in [0.15, 0.2) is 0 Å². The Labute approximate surface area is 114 Å². The molecule has 1 aromatic heterocycles. The molecule has 0 spiro atoms. The van der Waals surface area contributed by atoms with Crippen molar-refractivity contribution in [2.45, 2.75) is 32.3 Å². The summed E-state index contributed by atoms with van der Waals surface area (Å²) in [6, 6.07) is 0. The molecule has 0 aliphatic carbocycles. The summed E-state index contributed by atoms with van der Waals surface area (Å²) in [4.78, 5) is 14.1. The minimum Gasteiger partial charge on any atom is -0.388 e. The molecule has 0 saturated carbocycles. The number of hydrogen-bond acceptors (Lipinski definition) is 5. The molecule has 1 heterocycles. The van der Waals surface area contributed by atoms with Gasteiger partial charge in [-0.15, -0.1) is 0 Å². The number of nitrogens with one attached hydrogen (secondary N) is 1. The minimum atomic E-state index is -0.897. The molecule has 0 fully saturated rings. The van der Waals surface area contributed by atoms with Gasteiger partial charge in [0.05, 0.1) is 15.0 Å². The molecule has 0 amide bonds. The average molecular weight is 318 g/mol. The lowest BCUT2D eigenvalue weighted by atomic mass is 10.0. The second kappa shape index (κ2) is 6.10. The molecule has 7 heteroatoms. The van der Waals surface area contributed by atoms with E-state index in [0.29, 0.717) is 16.6 Å². The summed E-state index contributed by atoms with van der Waals surface area (Å²) >= 11 is 3.21. The lowest BCUT2D eigenvalue weighted by Crippen LogP contribution is -2.33. The predicted molar refractivity (Wildman–Crippen MR) is 72.6 cm³/mol. The lowest BCUT2D eigenvalue weighted by Gasteiger charge is -2.23. The van der Waals surface area contributed by atoms with Gasteiger partial charge in [-0.1, -0.05) is 13.3 Å². The van der Waals surface area contributed by atoms with Crippen molar-refractivity contribution in [1.82, 2.24) is 4.98 Å². The van der Waals surface area contributed by atoms with Crippen LogP contribution in [0.5, 0.6) is 0 Å². The Morgan fingerprint density at radius 2 is 2.28 bits per heavy atom. The number of anilines is 1. The highest BCUT2D eigenvalue weighted by Crippen LogP contribution is 2.31. The van der Waals surface area contributed by atoms with E-state index in [1.807, 2.05) is 6.92 Å². The van der Waals surface area contributed by atoms with Gasteiger partial charge in [-0.05, 0) is 29.3 Å². The van der Waals surface area contributed by atoms with Crippen molar-refractivity contribution >= 4 is 27.3 Å². The van der Waals surface area contributed by atoms with Gasteiger partial charge in [0.2, 0.25) is 0 Å². The Morgan fingerprint density at radius 3 is 2.83 bits per heavy atom. The van der Waals surface area contributed by atoms with Gasteiger partial charge in [-0.3, -0.25) is 15.1 Å². The van der Waals surface area contributed by atoms with E-state index in [1.54, 1.807) is 6.92 Å². The van der Waals surface area contributed by atoms with Crippen LogP contribution in [0.25, 0.3) is 0 Å². The number of nitro groups is 1. The van der Waals surface area contributed by atoms with Gasteiger partial charge in [0.1, 0.15) is 11.9 Å². The molecule has 2 N–H and O–H groups in total. The summed E-state index contributed by atoms with van der Waals surface area (Å²) in [6.07, 6.45) is 4.12. The van der Waals surface area contributed by atoms with E-state index < -0.39 is 10.5 Å². The Kier molecular flexibility index (Phi) is 5.03. The van der Waals surface area contributed by atoms with Crippen LogP contribution in [0.2, 0.25) is 0 Å². The van der Waals surface area contributed by atoms with E-state index in [9.17, 15) is 15.2 Å². The highest BCUT2D eigenvalue weighted by molar-refractivity contribution is 9.10. The van der Waals surface area contributed by atoms with Crippen LogP contribution >= 0.6 is 15.9 Å². The van der Waals surface area contributed by atoms with Crippen LogP contribution in [0.4, 0.5) is 11.4 Å². The Bertz CT molecular complexity index is 438. The largest absolute Gasteiger partial charge is 0.388 e. The second-order valence-electron chi connectivity index (χ2n) is 4.37. The number of hydrogen-bond donors (Lipinski definition) is 2. The van der Waals surface area contributed by atoms with Crippen molar-refractivity contribution in [3.8, 4) is 0 Å². The van der Waals surface area contributed by atoms with Crippen LogP contribution in [0, 0.1) is 10.1 Å². The summed E-state index contributed by atoms with van der Waals surface area (Å²) in [5, 5.41) is 23.8. The first-order valence-corrected chi connectivity index (χ1v) is 6.41. The fourth-order valence-electron chi connectivity index (χ4n) is 1.64. The second-order valence-corrected chi connectivity index (χ2v) is 5.23. The fourth-order valence-corrected chi connectivity index (χ4v) is 2.11.